The van der Waals surface area contributed by atoms with Crippen LogP contribution in [0.4, 0.5) is 0 Å². The van der Waals surface area contributed by atoms with Crippen LogP contribution >= 0.6 is 0 Å². The van der Waals surface area contributed by atoms with Gasteiger partial charge in [0.1, 0.15) is 6.29 Å². The molecule has 0 aliphatic heterocycles. The molecule has 0 radical (unpaired) electrons. The Labute approximate surface area is 88.4 Å². The lowest BCUT2D eigenvalue weighted by molar-refractivity contribution is -0.107. The van der Waals surface area contributed by atoms with Crippen molar-refractivity contribution in [3.63, 3.8) is 0 Å². The number of nitrogens with zero attached hydrogens (tertiary/aromatic N) is 2. The van der Waals surface area contributed by atoms with Crippen molar-refractivity contribution in [2.75, 3.05) is 0 Å². The van der Waals surface area contributed by atoms with E-state index >= 15 is 0 Å². The van der Waals surface area contributed by atoms with E-state index in [0.717, 1.165) is 18.4 Å². The van der Waals surface area contributed by atoms with Crippen LogP contribution in [0.25, 0.3) is 5.69 Å². The number of rotatable bonds is 4. The molecule has 0 aliphatic carbocycles. The zero-order valence-corrected chi connectivity index (χ0v) is 8.34. The molecule has 0 saturated heterocycles. The lowest BCUT2D eigenvalue weighted by Gasteiger charge is -2.03. The highest BCUT2D eigenvalue weighted by molar-refractivity contribution is 5.50. The van der Waals surface area contributed by atoms with Gasteiger partial charge in [0.05, 0.1) is 6.33 Å². The minimum atomic E-state index is 0.588. The van der Waals surface area contributed by atoms with Crippen molar-refractivity contribution in [2.45, 2.75) is 12.8 Å². The third-order valence-corrected chi connectivity index (χ3v) is 2.29. The molecule has 0 fully saturated rings. The minimum Gasteiger partial charge on any atom is -0.306 e. The van der Waals surface area contributed by atoms with Crippen molar-refractivity contribution in [1.82, 2.24) is 9.55 Å². The second-order valence-corrected chi connectivity index (χ2v) is 3.34. The van der Waals surface area contributed by atoms with Gasteiger partial charge >= 0.3 is 0 Å². The summed E-state index contributed by atoms with van der Waals surface area (Å²) in [6.07, 6.45) is 7.77. The Morgan fingerprint density at radius 2 is 2.07 bits per heavy atom. The summed E-state index contributed by atoms with van der Waals surface area (Å²) in [7, 11) is 0. The van der Waals surface area contributed by atoms with Gasteiger partial charge in [-0.15, -0.1) is 0 Å². The molecule has 0 aliphatic rings. The van der Waals surface area contributed by atoms with E-state index in [2.05, 4.69) is 4.98 Å². The van der Waals surface area contributed by atoms with Crippen molar-refractivity contribution in [3.8, 4) is 5.69 Å². The number of benzene rings is 1. The third-order valence-electron chi connectivity index (χ3n) is 2.29. The Hall–Kier alpha value is -1.90. The Morgan fingerprint density at radius 3 is 2.67 bits per heavy atom. The topological polar surface area (TPSA) is 34.9 Å². The van der Waals surface area contributed by atoms with Gasteiger partial charge in [0.15, 0.2) is 0 Å². The summed E-state index contributed by atoms with van der Waals surface area (Å²) < 4.78 is 1.95. The van der Waals surface area contributed by atoms with Crippen molar-refractivity contribution >= 4 is 6.29 Å². The first-order valence-electron chi connectivity index (χ1n) is 4.91. The van der Waals surface area contributed by atoms with Gasteiger partial charge in [0.25, 0.3) is 0 Å². The molecule has 0 bridgehead atoms. The fourth-order valence-corrected chi connectivity index (χ4v) is 1.47. The van der Waals surface area contributed by atoms with E-state index < -0.39 is 0 Å². The first-order chi connectivity index (χ1) is 7.40. The lowest BCUT2D eigenvalue weighted by atomic mass is 10.1. The number of aromatic nitrogens is 2. The van der Waals surface area contributed by atoms with Gasteiger partial charge in [0.2, 0.25) is 0 Å². The van der Waals surface area contributed by atoms with Crippen LogP contribution in [0.2, 0.25) is 0 Å². The first kappa shape index (κ1) is 9.65. The largest absolute Gasteiger partial charge is 0.306 e. The SMILES string of the molecule is O=CCCc1ccc(-n2ccnc2)cc1. The van der Waals surface area contributed by atoms with Crippen molar-refractivity contribution in [1.29, 1.82) is 0 Å². The average Bonchev–Trinajstić information content (AvgIpc) is 2.80. The molecule has 0 N–H and O–H groups in total. The summed E-state index contributed by atoms with van der Waals surface area (Å²) in [5, 5.41) is 0. The normalized spacial score (nSPS) is 10.1. The van der Waals surface area contributed by atoms with Crippen LogP contribution in [-0.2, 0) is 11.2 Å². The molecular weight excluding hydrogens is 188 g/mol. The highest BCUT2D eigenvalue weighted by atomic mass is 16.1. The van der Waals surface area contributed by atoms with Crippen LogP contribution in [0.5, 0.6) is 0 Å². The molecular formula is C12H12N2O. The predicted octanol–water partition coefficient (Wildman–Crippen LogP) is 2.00. The van der Waals surface area contributed by atoms with Gasteiger partial charge in [-0.05, 0) is 24.1 Å². The van der Waals surface area contributed by atoms with Crippen LogP contribution < -0.4 is 0 Å². The van der Waals surface area contributed by atoms with Gasteiger partial charge < -0.3 is 9.36 Å². The zero-order valence-electron chi connectivity index (χ0n) is 8.34. The van der Waals surface area contributed by atoms with Gasteiger partial charge in [-0.2, -0.15) is 0 Å². The average molecular weight is 200 g/mol. The number of aldehydes is 1. The van der Waals surface area contributed by atoms with Gasteiger partial charge in [0, 0.05) is 24.5 Å². The second-order valence-electron chi connectivity index (χ2n) is 3.34. The van der Waals surface area contributed by atoms with E-state index in [1.807, 2.05) is 35.0 Å². The summed E-state index contributed by atoms with van der Waals surface area (Å²) in [5.41, 5.74) is 2.27. The van der Waals surface area contributed by atoms with Gasteiger partial charge in [-0.25, -0.2) is 4.98 Å². The highest BCUT2D eigenvalue weighted by Crippen LogP contribution is 2.10. The second kappa shape index (κ2) is 4.55. The highest BCUT2D eigenvalue weighted by Gasteiger charge is 1.96. The smallest absolute Gasteiger partial charge is 0.120 e. The molecule has 0 saturated carbocycles. The third kappa shape index (κ3) is 2.31. The molecule has 0 amide bonds. The lowest BCUT2D eigenvalue weighted by Crippen LogP contribution is -1.91. The van der Waals surface area contributed by atoms with Crippen LogP contribution in [0, 0.1) is 0 Å². The molecule has 2 aromatic rings. The van der Waals surface area contributed by atoms with Crippen LogP contribution in [0.15, 0.2) is 43.0 Å². The van der Waals surface area contributed by atoms with Crippen LogP contribution in [-0.4, -0.2) is 15.8 Å². The first-order valence-corrected chi connectivity index (χ1v) is 4.91. The van der Waals surface area contributed by atoms with Crippen LogP contribution in [0.1, 0.15) is 12.0 Å². The molecule has 76 valence electrons. The summed E-state index contributed by atoms with van der Waals surface area (Å²) in [5.74, 6) is 0. The number of carbonyl (C=O) groups is 1. The zero-order chi connectivity index (χ0) is 10.5. The Balaban J connectivity index is 2.14. The Kier molecular flexibility index (Phi) is 2.93. The van der Waals surface area contributed by atoms with Crippen molar-refractivity contribution < 1.29 is 4.79 Å². The molecule has 15 heavy (non-hydrogen) atoms. The molecule has 2 rings (SSSR count). The molecule has 3 nitrogen and oxygen atoms in total. The maximum Gasteiger partial charge on any atom is 0.120 e. The number of hydrogen-bond acceptors (Lipinski definition) is 2. The fraction of sp³-hybridized carbons (Fsp3) is 0.167. The summed E-state index contributed by atoms with van der Waals surface area (Å²) >= 11 is 0. The molecule has 0 atom stereocenters. The van der Waals surface area contributed by atoms with E-state index in [4.69, 9.17) is 0 Å². The van der Waals surface area contributed by atoms with E-state index in [1.54, 1.807) is 12.5 Å². The Bertz CT molecular complexity index is 417. The number of aryl methyl sites for hydroxylation is 1. The summed E-state index contributed by atoms with van der Waals surface area (Å²) in [6, 6.07) is 8.14. The number of hydrogen-bond donors (Lipinski definition) is 0. The minimum absolute atomic E-state index is 0.588. The van der Waals surface area contributed by atoms with Crippen molar-refractivity contribution in [3.05, 3.63) is 48.5 Å². The molecule has 0 unspecified atom stereocenters. The van der Waals surface area contributed by atoms with Crippen LogP contribution in [0.3, 0.4) is 0 Å². The quantitative estimate of drug-likeness (QED) is 0.707. The van der Waals surface area contributed by atoms with E-state index in [0.29, 0.717) is 6.42 Å². The van der Waals surface area contributed by atoms with Gasteiger partial charge in [-0.1, -0.05) is 12.1 Å². The maximum absolute atomic E-state index is 10.2. The maximum atomic E-state index is 10.2. The monoisotopic (exact) mass is 200 g/mol. The molecule has 1 aromatic heterocycles. The molecule has 3 heteroatoms. The fourth-order valence-electron chi connectivity index (χ4n) is 1.47. The van der Waals surface area contributed by atoms with E-state index in [1.165, 1.54) is 5.56 Å². The molecule has 1 heterocycles. The summed E-state index contributed by atoms with van der Waals surface area (Å²) in [6.45, 7) is 0. The molecule has 0 spiro atoms. The standard InChI is InChI=1S/C12H12N2O/c15-9-1-2-11-3-5-12(6-4-11)14-8-7-13-10-14/h3-10H,1-2H2. The Morgan fingerprint density at radius 1 is 1.27 bits per heavy atom. The van der Waals surface area contributed by atoms with Gasteiger partial charge in [-0.3, -0.25) is 0 Å². The van der Waals surface area contributed by atoms with E-state index in [9.17, 15) is 4.79 Å². The number of carbonyl (C=O) groups excluding carboxylic acids is 1. The molecule has 1 aromatic carbocycles. The summed E-state index contributed by atoms with van der Waals surface area (Å²) in [4.78, 5) is 14.2. The predicted molar refractivity (Wildman–Crippen MR) is 57.9 cm³/mol. The number of imidazole rings is 1. The van der Waals surface area contributed by atoms with Crippen molar-refractivity contribution in [2.24, 2.45) is 0 Å². The van der Waals surface area contributed by atoms with E-state index in [-0.39, 0.29) is 0 Å².